The quantitative estimate of drug-likeness (QED) is 0.700. The number of halogens is 3. The minimum Gasteiger partial charge on any atom is -0.463 e. The van der Waals surface area contributed by atoms with Crippen LogP contribution in [0.3, 0.4) is 0 Å². The molecule has 9 heteroatoms. The fourth-order valence-electron chi connectivity index (χ4n) is 4.12. The molecular weight excluding hydrogens is 385 g/mol. The molecule has 1 fully saturated rings. The van der Waals surface area contributed by atoms with Crippen molar-refractivity contribution >= 4 is 16.9 Å². The Hall–Kier alpha value is -2.84. The maximum Gasteiger partial charge on any atom is 0.393 e. The van der Waals surface area contributed by atoms with Crippen LogP contribution < -0.4 is 5.32 Å². The highest BCUT2D eigenvalue weighted by molar-refractivity contribution is 6.07. The van der Waals surface area contributed by atoms with Crippen molar-refractivity contribution in [3.05, 3.63) is 35.7 Å². The monoisotopic (exact) mass is 406 g/mol. The standard InChI is InChI=1S/C20H21F3N4O2/c1-11-17-12(19(28)25-14-7-4-3-6-13(14)20(21,22)23)10-15(16-8-5-9-29-16)24-18(17)27(2)26-11/h5,8-10,13-14H,3-4,6-7H2,1-2H3,(H,25,28). The second-order valence-corrected chi connectivity index (χ2v) is 7.45. The molecule has 0 saturated heterocycles. The van der Waals surface area contributed by atoms with E-state index in [9.17, 15) is 18.0 Å². The third kappa shape index (κ3) is 3.61. The summed E-state index contributed by atoms with van der Waals surface area (Å²) in [4.78, 5) is 17.6. The number of carbonyl (C=O) groups excluding carboxylic acids is 1. The highest BCUT2D eigenvalue weighted by Crippen LogP contribution is 2.38. The Bertz CT molecular complexity index is 1040. The van der Waals surface area contributed by atoms with E-state index in [1.165, 1.54) is 6.26 Å². The lowest BCUT2D eigenvalue weighted by molar-refractivity contribution is -0.187. The Morgan fingerprint density at radius 3 is 2.76 bits per heavy atom. The van der Waals surface area contributed by atoms with Gasteiger partial charge < -0.3 is 9.73 Å². The predicted molar refractivity (Wildman–Crippen MR) is 100 cm³/mol. The molecule has 3 heterocycles. The van der Waals surface area contributed by atoms with E-state index in [0.29, 0.717) is 47.4 Å². The van der Waals surface area contributed by atoms with Gasteiger partial charge >= 0.3 is 6.18 Å². The summed E-state index contributed by atoms with van der Waals surface area (Å²) in [5, 5.41) is 7.49. The Morgan fingerprint density at radius 2 is 2.07 bits per heavy atom. The maximum absolute atomic E-state index is 13.4. The summed E-state index contributed by atoms with van der Waals surface area (Å²) in [5.74, 6) is -1.62. The summed E-state index contributed by atoms with van der Waals surface area (Å²) in [7, 11) is 1.71. The molecule has 1 saturated carbocycles. The van der Waals surface area contributed by atoms with Crippen LogP contribution in [0.5, 0.6) is 0 Å². The molecule has 1 aliphatic carbocycles. The number of rotatable bonds is 3. The molecule has 6 nitrogen and oxygen atoms in total. The van der Waals surface area contributed by atoms with Crippen LogP contribution in [0.1, 0.15) is 41.7 Å². The Kier molecular flexibility index (Phi) is 4.84. The van der Waals surface area contributed by atoms with E-state index in [1.54, 1.807) is 36.9 Å². The SMILES string of the molecule is Cc1nn(C)c2nc(-c3ccco3)cc(C(=O)NC3CCCCC3C(F)(F)F)c12. The fourth-order valence-corrected chi connectivity index (χ4v) is 4.12. The van der Waals surface area contributed by atoms with Crippen molar-refractivity contribution in [3.63, 3.8) is 0 Å². The third-order valence-electron chi connectivity index (χ3n) is 5.49. The molecule has 1 aliphatic rings. The van der Waals surface area contributed by atoms with E-state index in [4.69, 9.17) is 4.42 Å². The van der Waals surface area contributed by atoms with Crippen LogP contribution in [0.25, 0.3) is 22.5 Å². The first kappa shape index (κ1) is 19.5. The predicted octanol–water partition coefficient (Wildman–Crippen LogP) is 4.39. The van der Waals surface area contributed by atoms with E-state index in [-0.39, 0.29) is 12.0 Å². The number of hydrogen-bond donors (Lipinski definition) is 1. The Labute approximate surface area is 165 Å². The Balaban J connectivity index is 1.75. The van der Waals surface area contributed by atoms with Gasteiger partial charge in [0, 0.05) is 13.1 Å². The molecule has 2 unspecified atom stereocenters. The second-order valence-electron chi connectivity index (χ2n) is 7.45. The average molecular weight is 406 g/mol. The molecule has 1 N–H and O–H groups in total. The first-order chi connectivity index (χ1) is 13.8. The number of fused-ring (bicyclic) bond motifs is 1. The molecule has 0 bridgehead atoms. The van der Waals surface area contributed by atoms with E-state index in [0.717, 1.165) is 0 Å². The van der Waals surface area contributed by atoms with Crippen molar-refractivity contribution in [1.29, 1.82) is 0 Å². The number of nitrogens with zero attached hydrogens (tertiary/aromatic N) is 3. The van der Waals surface area contributed by atoms with E-state index >= 15 is 0 Å². The molecular formula is C20H21F3N4O2. The summed E-state index contributed by atoms with van der Waals surface area (Å²) in [5.41, 5.74) is 1.73. The number of pyridine rings is 1. The molecule has 154 valence electrons. The first-order valence-electron chi connectivity index (χ1n) is 9.51. The normalized spacial score (nSPS) is 20.2. The van der Waals surface area contributed by atoms with Gasteiger partial charge in [0.15, 0.2) is 11.4 Å². The van der Waals surface area contributed by atoms with Gasteiger partial charge in [-0.2, -0.15) is 18.3 Å². The molecule has 0 aromatic carbocycles. The largest absolute Gasteiger partial charge is 0.463 e. The number of aryl methyl sites for hydroxylation is 2. The molecule has 0 spiro atoms. The number of furan rings is 1. The minimum absolute atomic E-state index is 0.0315. The number of alkyl halides is 3. The molecule has 0 radical (unpaired) electrons. The summed E-state index contributed by atoms with van der Waals surface area (Å²) in [6.07, 6.45) is -1.33. The van der Waals surface area contributed by atoms with Crippen LogP contribution in [0.15, 0.2) is 28.9 Å². The fraction of sp³-hybridized carbons (Fsp3) is 0.450. The van der Waals surface area contributed by atoms with Gasteiger partial charge in [0.05, 0.1) is 28.8 Å². The zero-order valence-corrected chi connectivity index (χ0v) is 16.1. The summed E-state index contributed by atoms with van der Waals surface area (Å²) >= 11 is 0. The van der Waals surface area contributed by atoms with Gasteiger partial charge in [-0.05, 0) is 38.0 Å². The van der Waals surface area contributed by atoms with Crippen molar-refractivity contribution in [2.45, 2.75) is 44.8 Å². The second kappa shape index (κ2) is 7.20. The van der Waals surface area contributed by atoms with Gasteiger partial charge in [-0.1, -0.05) is 12.8 Å². The lowest BCUT2D eigenvalue weighted by Gasteiger charge is -2.33. The van der Waals surface area contributed by atoms with E-state index in [2.05, 4.69) is 15.4 Å². The number of hydrogen-bond acceptors (Lipinski definition) is 4. The van der Waals surface area contributed by atoms with Crippen LogP contribution in [-0.4, -0.2) is 32.9 Å². The number of nitrogens with one attached hydrogen (secondary N) is 1. The van der Waals surface area contributed by atoms with Crippen LogP contribution >= 0.6 is 0 Å². The summed E-state index contributed by atoms with van der Waals surface area (Å²) < 4.78 is 47.2. The van der Waals surface area contributed by atoms with Gasteiger partial charge in [-0.3, -0.25) is 9.48 Å². The molecule has 29 heavy (non-hydrogen) atoms. The molecule has 3 aromatic rings. The van der Waals surface area contributed by atoms with Crippen molar-refractivity contribution in [2.75, 3.05) is 0 Å². The van der Waals surface area contributed by atoms with Crippen LogP contribution in [0, 0.1) is 12.8 Å². The lowest BCUT2D eigenvalue weighted by atomic mass is 9.84. The van der Waals surface area contributed by atoms with Crippen LogP contribution in [0.2, 0.25) is 0 Å². The number of amides is 1. The van der Waals surface area contributed by atoms with E-state index < -0.39 is 24.0 Å². The number of aromatic nitrogens is 3. The molecule has 0 aliphatic heterocycles. The van der Waals surface area contributed by atoms with Crippen LogP contribution in [-0.2, 0) is 7.05 Å². The highest BCUT2D eigenvalue weighted by atomic mass is 19.4. The minimum atomic E-state index is -4.34. The third-order valence-corrected chi connectivity index (χ3v) is 5.49. The summed E-state index contributed by atoms with van der Waals surface area (Å²) in [6.45, 7) is 1.74. The highest BCUT2D eigenvalue weighted by Gasteiger charge is 2.46. The number of carbonyl (C=O) groups is 1. The average Bonchev–Trinajstić information content (AvgIpc) is 3.29. The summed E-state index contributed by atoms with van der Waals surface area (Å²) in [6, 6.07) is 4.02. The zero-order valence-electron chi connectivity index (χ0n) is 16.1. The van der Waals surface area contributed by atoms with Crippen molar-refractivity contribution in [2.24, 2.45) is 13.0 Å². The zero-order chi connectivity index (χ0) is 20.8. The van der Waals surface area contributed by atoms with Gasteiger partial charge in [-0.15, -0.1) is 0 Å². The molecule has 1 amide bonds. The molecule has 4 rings (SSSR count). The van der Waals surface area contributed by atoms with Gasteiger partial charge in [-0.25, -0.2) is 4.98 Å². The molecule has 2 atom stereocenters. The van der Waals surface area contributed by atoms with Crippen LogP contribution in [0.4, 0.5) is 13.2 Å². The first-order valence-corrected chi connectivity index (χ1v) is 9.51. The van der Waals surface area contributed by atoms with Gasteiger partial charge in [0.1, 0.15) is 5.69 Å². The lowest BCUT2D eigenvalue weighted by Crippen LogP contribution is -2.47. The van der Waals surface area contributed by atoms with Crippen molar-refractivity contribution in [1.82, 2.24) is 20.1 Å². The Morgan fingerprint density at radius 1 is 1.31 bits per heavy atom. The van der Waals surface area contributed by atoms with E-state index in [1.807, 2.05) is 0 Å². The van der Waals surface area contributed by atoms with Gasteiger partial charge in [0.25, 0.3) is 5.91 Å². The van der Waals surface area contributed by atoms with Gasteiger partial charge in [0.2, 0.25) is 0 Å². The van der Waals surface area contributed by atoms with Crippen molar-refractivity contribution < 1.29 is 22.4 Å². The molecule has 3 aromatic heterocycles. The topological polar surface area (TPSA) is 73.0 Å². The maximum atomic E-state index is 13.4. The smallest absolute Gasteiger partial charge is 0.393 e. The van der Waals surface area contributed by atoms with Crippen molar-refractivity contribution in [3.8, 4) is 11.5 Å².